The molecule has 2 unspecified atom stereocenters. The lowest BCUT2D eigenvalue weighted by atomic mass is 10.0. The number of Topliss-reactive ketones (excluding diaryl/α,β-unsaturated/α-hetero) is 1. The van der Waals surface area contributed by atoms with Crippen molar-refractivity contribution in [2.24, 2.45) is 0 Å². The van der Waals surface area contributed by atoms with Crippen molar-refractivity contribution in [3.63, 3.8) is 0 Å². The van der Waals surface area contributed by atoms with Crippen LogP contribution in [0.2, 0.25) is 0 Å². The Morgan fingerprint density at radius 3 is 2.19 bits per heavy atom. The zero-order chi connectivity index (χ0) is 30.7. The van der Waals surface area contributed by atoms with Crippen LogP contribution in [0.4, 0.5) is 0 Å². The number of benzene rings is 2. The average Bonchev–Trinajstić information content (AvgIpc) is 2.96. The van der Waals surface area contributed by atoms with Crippen LogP contribution >= 0.6 is 0 Å². The Kier molecular flexibility index (Phi) is 15.9. The van der Waals surface area contributed by atoms with Gasteiger partial charge in [0.2, 0.25) is 17.7 Å². The number of aliphatic carboxylic acids is 1. The normalized spacial score (nSPS) is 12.3. The van der Waals surface area contributed by atoms with Crippen LogP contribution in [0.3, 0.4) is 0 Å². The first-order chi connectivity index (χ1) is 20.2. The molecule has 2 atom stereocenters. The predicted molar refractivity (Wildman–Crippen MR) is 163 cm³/mol. The van der Waals surface area contributed by atoms with Crippen molar-refractivity contribution in [3.8, 4) is 0 Å². The lowest BCUT2D eigenvalue weighted by Gasteiger charge is -2.22. The van der Waals surface area contributed by atoms with Crippen molar-refractivity contribution in [1.82, 2.24) is 21.3 Å². The maximum atomic E-state index is 13.2. The molecular formula is C32H46N4O6. The monoisotopic (exact) mass is 582 g/mol. The van der Waals surface area contributed by atoms with Gasteiger partial charge in [0, 0.05) is 25.8 Å². The summed E-state index contributed by atoms with van der Waals surface area (Å²) >= 11 is 0. The van der Waals surface area contributed by atoms with E-state index in [1.807, 2.05) is 49.4 Å². The lowest BCUT2D eigenvalue weighted by molar-refractivity contribution is -0.142. The summed E-state index contributed by atoms with van der Waals surface area (Å²) in [5.74, 6) is -1.92. The van der Waals surface area contributed by atoms with Crippen LogP contribution in [0, 0.1) is 0 Å². The first-order valence-electron chi connectivity index (χ1n) is 15.0. The molecule has 0 fully saturated rings. The second kappa shape index (κ2) is 19.4. The van der Waals surface area contributed by atoms with Crippen LogP contribution in [-0.2, 0) is 30.4 Å². The molecule has 10 nitrogen and oxygen atoms in total. The van der Waals surface area contributed by atoms with Gasteiger partial charge in [-0.25, -0.2) is 4.79 Å². The molecule has 0 radical (unpaired) electrons. The fourth-order valence-corrected chi connectivity index (χ4v) is 4.63. The summed E-state index contributed by atoms with van der Waals surface area (Å²) in [6, 6.07) is 11.6. The number of carboxylic acids is 1. The lowest BCUT2D eigenvalue weighted by Crippen LogP contribution is -2.53. The van der Waals surface area contributed by atoms with Gasteiger partial charge in [-0.05, 0) is 61.9 Å². The van der Waals surface area contributed by atoms with E-state index in [1.54, 1.807) is 6.92 Å². The van der Waals surface area contributed by atoms with Gasteiger partial charge in [-0.3, -0.25) is 14.4 Å². The first-order valence-corrected chi connectivity index (χ1v) is 15.0. The van der Waals surface area contributed by atoms with E-state index in [4.69, 9.17) is 0 Å². The van der Waals surface area contributed by atoms with E-state index in [-0.39, 0.29) is 37.0 Å². The number of likely N-dealkylation sites (N-methyl/N-ethyl adjacent to an activating group) is 1. The minimum absolute atomic E-state index is 0.0468. The number of carbonyl (C=O) groups is 5. The number of nitrogens with one attached hydrogen (secondary N) is 4. The van der Waals surface area contributed by atoms with Crippen LogP contribution in [0.25, 0.3) is 10.8 Å². The number of unbranched alkanes of at least 4 members (excludes halogenated alkanes) is 4. The molecule has 0 saturated carbocycles. The zero-order valence-electron chi connectivity index (χ0n) is 24.9. The standard InChI is InChI=1S/C32H46N4O6/c1-3-33-22-30(39)35-28(21-24-17-18-25-13-8-9-14-26(25)20-24)31(40)36-27(32(41)42)15-10-11-19-34-29(38)16-7-5-4-6-12-23(2)37/h8-9,13-14,17-18,20,27-28,33H,3-7,10-12,15-16,19,21-22H2,1-2H3,(H,34,38)(H,35,39)(H,36,40)(H,41,42). The number of hydrogen-bond acceptors (Lipinski definition) is 6. The van der Waals surface area contributed by atoms with Crippen molar-refractivity contribution in [2.75, 3.05) is 19.6 Å². The highest BCUT2D eigenvalue weighted by atomic mass is 16.4. The molecule has 0 bridgehead atoms. The minimum atomic E-state index is -1.15. The number of rotatable bonds is 21. The van der Waals surface area contributed by atoms with Gasteiger partial charge in [-0.1, -0.05) is 62.2 Å². The molecule has 230 valence electrons. The topological polar surface area (TPSA) is 154 Å². The molecule has 3 amide bonds. The third-order valence-electron chi connectivity index (χ3n) is 6.98. The molecule has 0 aliphatic rings. The molecule has 0 aliphatic carbocycles. The maximum Gasteiger partial charge on any atom is 0.326 e. The fourth-order valence-electron chi connectivity index (χ4n) is 4.63. The highest BCUT2D eigenvalue weighted by molar-refractivity contribution is 5.91. The third kappa shape index (κ3) is 13.7. The van der Waals surface area contributed by atoms with Gasteiger partial charge < -0.3 is 31.2 Å². The highest BCUT2D eigenvalue weighted by Crippen LogP contribution is 2.17. The van der Waals surface area contributed by atoms with Crippen LogP contribution in [-0.4, -0.2) is 66.3 Å². The second-order valence-electron chi connectivity index (χ2n) is 10.6. The van der Waals surface area contributed by atoms with Crippen LogP contribution in [0.15, 0.2) is 42.5 Å². The van der Waals surface area contributed by atoms with E-state index >= 15 is 0 Å². The smallest absolute Gasteiger partial charge is 0.326 e. The molecule has 2 aromatic rings. The summed E-state index contributed by atoms with van der Waals surface area (Å²) in [5.41, 5.74) is 0.844. The zero-order valence-corrected chi connectivity index (χ0v) is 24.9. The van der Waals surface area contributed by atoms with Crippen LogP contribution in [0.1, 0.15) is 77.2 Å². The van der Waals surface area contributed by atoms with Crippen LogP contribution < -0.4 is 21.3 Å². The maximum absolute atomic E-state index is 13.2. The van der Waals surface area contributed by atoms with Gasteiger partial charge in [-0.2, -0.15) is 0 Å². The summed E-state index contributed by atoms with van der Waals surface area (Å²) in [5, 5.41) is 22.9. The van der Waals surface area contributed by atoms with Gasteiger partial charge in [0.15, 0.2) is 0 Å². The van der Waals surface area contributed by atoms with E-state index in [0.29, 0.717) is 38.8 Å². The Morgan fingerprint density at radius 1 is 0.786 bits per heavy atom. The first kappa shape index (κ1) is 34.4. The fraction of sp³-hybridized carbons (Fsp3) is 0.531. The van der Waals surface area contributed by atoms with E-state index in [9.17, 15) is 29.1 Å². The van der Waals surface area contributed by atoms with E-state index in [2.05, 4.69) is 21.3 Å². The highest BCUT2D eigenvalue weighted by Gasteiger charge is 2.26. The largest absolute Gasteiger partial charge is 0.480 e. The van der Waals surface area contributed by atoms with E-state index in [0.717, 1.165) is 42.0 Å². The van der Waals surface area contributed by atoms with E-state index in [1.165, 1.54) is 0 Å². The molecule has 0 heterocycles. The summed E-state index contributed by atoms with van der Waals surface area (Å²) in [6.07, 6.45) is 5.92. The van der Waals surface area contributed by atoms with Gasteiger partial charge in [-0.15, -0.1) is 0 Å². The molecule has 10 heteroatoms. The number of amides is 3. The summed E-state index contributed by atoms with van der Waals surface area (Å²) in [7, 11) is 0. The molecule has 0 spiro atoms. The third-order valence-corrected chi connectivity index (χ3v) is 6.98. The molecule has 0 aromatic heterocycles. The molecule has 0 aliphatic heterocycles. The number of fused-ring (bicyclic) bond motifs is 1. The predicted octanol–water partition coefficient (Wildman–Crippen LogP) is 3.26. The Morgan fingerprint density at radius 2 is 1.50 bits per heavy atom. The Bertz CT molecular complexity index is 1180. The Hall–Kier alpha value is -3.79. The van der Waals surface area contributed by atoms with Crippen molar-refractivity contribution in [1.29, 1.82) is 0 Å². The summed E-state index contributed by atoms with van der Waals surface area (Å²) in [4.78, 5) is 60.6. The average molecular weight is 583 g/mol. The Balaban J connectivity index is 1.85. The number of ketones is 1. The van der Waals surface area contributed by atoms with Gasteiger partial charge in [0.25, 0.3) is 0 Å². The van der Waals surface area contributed by atoms with Crippen molar-refractivity contribution >= 4 is 40.2 Å². The van der Waals surface area contributed by atoms with Crippen molar-refractivity contribution in [2.45, 2.75) is 90.1 Å². The molecular weight excluding hydrogens is 536 g/mol. The molecule has 2 rings (SSSR count). The molecule has 0 saturated heterocycles. The summed E-state index contributed by atoms with van der Waals surface area (Å²) in [6.45, 7) is 4.52. The van der Waals surface area contributed by atoms with E-state index < -0.39 is 24.0 Å². The van der Waals surface area contributed by atoms with Gasteiger partial charge in [0.05, 0.1) is 6.54 Å². The molecule has 5 N–H and O–H groups in total. The molecule has 2 aromatic carbocycles. The molecule has 42 heavy (non-hydrogen) atoms. The van der Waals surface area contributed by atoms with Gasteiger partial charge in [0.1, 0.15) is 17.9 Å². The van der Waals surface area contributed by atoms with Crippen molar-refractivity contribution in [3.05, 3.63) is 48.0 Å². The second-order valence-corrected chi connectivity index (χ2v) is 10.6. The van der Waals surface area contributed by atoms with Crippen molar-refractivity contribution < 1.29 is 29.1 Å². The van der Waals surface area contributed by atoms with Crippen LogP contribution in [0.5, 0.6) is 0 Å². The van der Waals surface area contributed by atoms with Gasteiger partial charge >= 0.3 is 5.97 Å². The SMILES string of the molecule is CCNCC(=O)NC(Cc1ccc2ccccc2c1)C(=O)NC(CCCCNC(=O)CCCCCCC(C)=O)C(=O)O. The number of carboxylic acid groups (broad SMARTS) is 1. The number of carbonyl (C=O) groups excluding carboxylic acids is 4. The summed E-state index contributed by atoms with van der Waals surface area (Å²) < 4.78 is 0. The number of hydrogen-bond donors (Lipinski definition) is 5. The minimum Gasteiger partial charge on any atom is -0.480 e. The Labute approximate surface area is 248 Å². The quantitative estimate of drug-likeness (QED) is 0.142.